The Morgan fingerprint density at radius 1 is 1.21 bits per heavy atom. The van der Waals surface area contributed by atoms with Crippen LogP contribution < -0.4 is 5.32 Å². The van der Waals surface area contributed by atoms with Gasteiger partial charge in [0.1, 0.15) is 0 Å². The molecule has 0 fully saturated rings. The summed E-state index contributed by atoms with van der Waals surface area (Å²) >= 11 is 0. The zero-order valence-corrected chi connectivity index (χ0v) is 11.9. The maximum absolute atomic E-state index is 11.3. The van der Waals surface area contributed by atoms with Gasteiger partial charge in [0, 0.05) is 19.6 Å². The minimum Gasteiger partial charge on any atom is -0.466 e. The molecule has 0 aliphatic heterocycles. The van der Waals surface area contributed by atoms with Gasteiger partial charge in [-0.1, -0.05) is 6.58 Å². The molecule has 1 amide bonds. The van der Waals surface area contributed by atoms with Gasteiger partial charge in [0.15, 0.2) is 0 Å². The lowest BCUT2D eigenvalue weighted by Crippen LogP contribution is -2.22. The smallest absolute Gasteiger partial charge is 0.305 e. The Balaban J connectivity index is 3.29. The third-order valence-electron chi connectivity index (χ3n) is 2.30. The minimum atomic E-state index is -0.192. The first-order chi connectivity index (χ1) is 9.06. The molecule has 0 heterocycles. The highest BCUT2D eigenvalue weighted by Gasteiger charge is 2.03. The normalized spacial score (nSPS) is 10.3. The van der Waals surface area contributed by atoms with Crippen LogP contribution in [0.15, 0.2) is 12.7 Å². The molecule has 1 N–H and O–H groups in total. The van der Waals surface area contributed by atoms with Crippen molar-refractivity contribution in [2.24, 2.45) is 0 Å². The van der Waals surface area contributed by atoms with Crippen LogP contribution in [-0.2, 0) is 19.1 Å². The van der Waals surface area contributed by atoms with Gasteiger partial charge in [0.25, 0.3) is 0 Å². The second kappa shape index (κ2) is 11.7. The van der Waals surface area contributed by atoms with E-state index in [1.54, 1.807) is 0 Å². The van der Waals surface area contributed by atoms with Crippen molar-refractivity contribution in [1.82, 2.24) is 5.32 Å². The minimum absolute atomic E-state index is 0.179. The Bertz CT molecular complexity index is 277. The van der Waals surface area contributed by atoms with E-state index in [-0.39, 0.29) is 18.0 Å². The molecule has 0 saturated carbocycles. The number of ether oxygens (including phenoxy) is 2. The number of amides is 1. The first-order valence-electron chi connectivity index (χ1n) is 6.73. The lowest BCUT2D eigenvalue weighted by atomic mass is 10.3. The molecule has 0 aromatic rings. The van der Waals surface area contributed by atoms with Gasteiger partial charge < -0.3 is 14.8 Å². The van der Waals surface area contributed by atoms with E-state index in [2.05, 4.69) is 11.9 Å². The SMILES string of the molecule is C=CC(=O)NCCCCOC(=O)CCCOC(C)C. The number of rotatable bonds is 11. The molecular weight excluding hydrogens is 246 g/mol. The predicted molar refractivity (Wildman–Crippen MR) is 73.7 cm³/mol. The van der Waals surface area contributed by atoms with E-state index in [0.29, 0.717) is 32.6 Å². The van der Waals surface area contributed by atoms with Crippen LogP contribution in [-0.4, -0.2) is 37.7 Å². The van der Waals surface area contributed by atoms with Crippen LogP contribution in [0, 0.1) is 0 Å². The van der Waals surface area contributed by atoms with Crippen LogP contribution in [0.4, 0.5) is 0 Å². The Morgan fingerprint density at radius 2 is 1.95 bits per heavy atom. The lowest BCUT2D eigenvalue weighted by Gasteiger charge is -2.07. The van der Waals surface area contributed by atoms with Crippen molar-refractivity contribution >= 4 is 11.9 Å². The highest BCUT2D eigenvalue weighted by atomic mass is 16.5. The lowest BCUT2D eigenvalue weighted by molar-refractivity contribution is -0.144. The average molecular weight is 271 g/mol. The maximum Gasteiger partial charge on any atom is 0.305 e. The first kappa shape index (κ1) is 17.6. The van der Waals surface area contributed by atoms with E-state index >= 15 is 0 Å². The number of hydrogen-bond acceptors (Lipinski definition) is 4. The zero-order valence-electron chi connectivity index (χ0n) is 11.9. The van der Waals surface area contributed by atoms with Gasteiger partial charge in [0.05, 0.1) is 12.7 Å². The molecule has 0 aliphatic rings. The molecule has 5 nitrogen and oxygen atoms in total. The van der Waals surface area contributed by atoms with Crippen LogP contribution in [0.25, 0.3) is 0 Å². The first-order valence-corrected chi connectivity index (χ1v) is 6.73. The Hall–Kier alpha value is -1.36. The summed E-state index contributed by atoms with van der Waals surface area (Å²) in [4.78, 5) is 22.1. The highest BCUT2D eigenvalue weighted by Crippen LogP contribution is 1.98. The number of nitrogens with one attached hydrogen (secondary N) is 1. The summed E-state index contributed by atoms with van der Waals surface area (Å²) in [7, 11) is 0. The summed E-state index contributed by atoms with van der Waals surface area (Å²) in [5, 5.41) is 2.66. The van der Waals surface area contributed by atoms with E-state index in [1.165, 1.54) is 6.08 Å². The van der Waals surface area contributed by atoms with Gasteiger partial charge in [0.2, 0.25) is 5.91 Å². The van der Waals surface area contributed by atoms with Crippen molar-refractivity contribution in [2.75, 3.05) is 19.8 Å². The fraction of sp³-hybridized carbons (Fsp3) is 0.714. The predicted octanol–water partition coefficient (Wildman–Crippen LogP) is 1.82. The number of hydrogen-bond donors (Lipinski definition) is 1. The van der Waals surface area contributed by atoms with Crippen LogP contribution in [0.2, 0.25) is 0 Å². The number of carbonyl (C=O) groups is 2. The summed E-state index contributed by atoms with van der Waals surface area (Å²) in [5.41, 5.74) is 0. The van der Waals surface area contributed by atoms with Crippen molar-refractivity contribution < 1.29 is 19.1 Å². The fourth-order valence-corrected chi connectivity index (χ4v) is 1.30. The van der Waals surface area contributed by atoms with Gasteiger partial charge in [-0.15, -0.1) is 0 Å². The maximum atomic E-state index is 11.3. The Morgan fingerprint density at radius 3 is 2.58 bits per heavy atom. The largest absolute Gasteiger partial charge is 0.466 e. The summed E-state index contributed by atoms with van der Waals surface area (Å²) < 4.78 is 10.4. The summed E-state index contributed by atoms with van der Waals surface area (Å²) in [6.45, 7) is 8.83. The molecule has 19 heavy (non-hydrogen) atoms. The monoisotopic (exact) mass is 271 g/mol. The molecule has 110 valence electrons. The second-order valence-electron chi connectivity index (χ2n) is 4.45. The number of esters is 1. The summed E-state index contributed by atoms with van der Waals surface area (Å²) in [6, 6.07) is 0. The third-order valence-corrected chi connectivity index (χ3v) is 2.30. The van der Waals surface area contributed by atoms with Gasteiger partial charge in [-0.3, -0.25) is 9.59 Å². The van der Waals surface area contributed by atoms with Crippen molar-refractivity contribution in [1.29, 1.82) is 0 Å². The molecule has 0 aromatic carbocycles. The molecule has 0 aliphatic carbocycles. The van der Waals surface area contributed by atoms with Gasteiger partial charge >= 0.3 is 5.97 Å². The molecule has 0 radical (unpaired) electrons. The Kier molecular flexibility index (Phi) is 10.9. The second-order valence-corrected chi connectivity index (χ2v) is 4.45. The van der Waals surface area contributed by atoms with Crippen LogP contribution >= 0.6 is 0 Å². The molecular formula is C14H25NO4. The van der Waals surface area contributed by atoms with Crippen molar-refractivity contribution in [2.45, 2.75) is 45.6 Å². The standard InChI is InChI=1S/C14H25NO4/c1-4-13(16)15-9-5-6-10-19-14(17)8-7-11-18-12(2)3/h4,12H,1,5-11H2,2-3H3,(H,15,16). The molecule has 0 aromatic heterocycles. The molecule has 0 saturated heterocycles. The quantitative estimate of drug-likeness (QED) is 0.354. The van der Waals surface area contributed by atoms with Crippen LogP contribution in [0.3, 0.4) is 0 Å². The summed E-state index contributed by atoms with van der Waals surface area (Å²) in [5.74, 6) is -0.371. The molecule has 0 atom stereocenters. The van der Waals surface area contributed by atoms with Gasteiger partial charge in [-0.25, -0.2) is 0 Å². The molecule has 0 rings (SSSR count). The zero-order chi connectivity index (χ0) is 14.5. The van der Waals surface area contributed by atoms with E-state index in [0.717, 1.165) is 12.8 Å². The molecule has 0 spiro atoms. The topological polar surface area (TPSA) is 64.6 Å². The molecule has 5 heteroatoms. The van der Waals surface area contributed by atoms with Crippen LogP contribution in [0.5, 0.6) is 0 Å². The highest BCUT2D eigenvalue weighted by molar-refractivity contribution is 5.86. The van der Waals surface area contributed by atoms with E-state index in [1.807, 2.05) is 13.8 Å². The fourth-order valence-electron chi connectivity index (χ4n) is 1.30. The van der Waals surface area contributed by atoms with Gasteiger partial charge in [-0.2, -0.15) is 0 Å². The van der Waals surface area contributed by atoms with Crippen molar-refractivity contribution in [3.8, 4) is 0 Å². The number of unbranched alkanes of at least 4 members (excludes halogenated alkanes) is 1. The Labute approximate surface area is 115 Å². The van der Waals surface area contributed by atoms with Crippen molar-refractivity contribution in [3.05, 3.63) is 12.7 Å². The number of carbonyl (C=O) groups excluding carboxylic acids is 2. The van der Waals surface area contributed by atoms with Crippen molar-refractivity contribution in [3.63, 3.8) is 0 Å². The van der Waals surface area contributed by atoms with E-state index in [4.69, 9.17) is 9.47 Å². The van der Waals surface area contributed by atoms with Gasteiger partial charge in [-0.05, 0) is 39.2 Å². The third kappa shape index (κ3) is 12.9. The average Bonchev–Trinajstić information content (AvgIpc) is 2.38. The van der Waals surface area contributed by atoms with E-state index < -0.39 is 0 Å². The molecule has 0 bridgehead atoms. The summed E-state index contributed by atoms with van der Waals surface area (Å²) in [6.07, 6.45) is 4.03. The van der Waals surface area contributed by atoms with E-state index in [9.17, 15) is 9.59 Å². The van der Waals surface area contributed by atoms with Crippen LogP contribution in [0.1, 0.15) is 39.5 Å². The molecule has 0 unspecified atom stereocenters.